The molecule has 0 amide bonds. The van der Waals surface area contributed by atoms with Crippen LogP contribution in [0, 0.1) is 26.6 Å². The number of nitrogens with two attached hydrogens (primary N) is 1. The Labute approximate surface area is 122 Å². The topological polar surface area (TPSA) is 98.2 Å². The first-order chi connectivity index (χ1) is 9.72. The summed E-state index contributed by atoms with van der Waals surface area (Å²) in [6, 6.07) is 2.33. The molecule has 2 rings (SSSR count). The van der Waals surface area contributed by atoms with Crippen molar-refractivity contribution in [1.82, 2.24) is 9.88 Å². The first-order valence-electron chi connectivity index (χ1n) is 6.19. The van der Waals surface area contributed by atoms with Crippen molar-refractivity contribution in [2.75, 3.05) is 5.73 Å². The van der Waals surface area contributed by atoms with Gasteiger partial charge in [-0.2, -0.15) is 0 Å². The summed E-state index contributed by atoms with van der Waals surface area (Å²) in [5.74, 6) is -0.0651. The maximum Gasteiger partial charge on any atom is 0.240 e. The number of hydrogen-bond acceptors (Lipinski definition) is 5. The number of benzene rings is 1. The van der Waals surface area contributed by atoms with E-state index in [-0.39, 0.29) is 22.7 Å². The first-order valence-corrected chi connectivity index (χ1v) is 7.67. The number of halogens is 1. The third-order valence-electron chi connectivity index (χ3n) is 3.19. The van der Waals surface area contributed by atoms with Crippen LogP contribution in [-0.2, 0) is 16.6 Å². The van der Waals surface area contributed by atoms with Crippen molar-refractivity contribution in [1.29, 1.82) is 0 Å². The van der Waals surface area contributed by atoms with Gasteiger partial charge in [-0.05, 0) is 38.5 Å². The summed E-state index contributed by atoms with van der Waals surface area (Å²) in [4.78, 5) is -0.0781. The zero-order valence-corrected chi connectivity index (χ0v) is 12.7. The van der Waals surface area contributed by atoms with Gasteiger partial charge in [0.05, 0.1) is 16.3 Å². The number of nitrogens with one attached hydrogen (secondary N) is 1. The van der Waals surface area contributed by atoms with Crippen molar-refractivity contribution in [2.24, 2.45) is 0 Å². The lowest BCUT2D eigenvalue weighted by Crippen LogP contribution is -2.24. The Hall–Kier alpha value is -1.93. The standard InChI is InChI=1S/C13H16FN3O3S/c1-7-4-10(5-12(15)13(7)14)21(18,19)16-6-11-8(2)17-20-9(11)3/h4-5,16H,6,15H2,1-3H3. The maximum atomic E-state index is 13.5. The van der Waals surface area contributed by atoms with Gasteiger partial charge in [0.2, 0.25) is 10.0 Å². The number of anilines is 1. The molecule has 0 saturated heterocycles. The van der Waals surface area contributed by atoms with E-state index >= 15 is 0 Å². The van der Waals surface area contributed by atoms with Gasteiger partial charge in [-0.25, -0.2) is 17.5 Å². The average molecular weight is 313 g/mol. The van der Waals surface area contributed by atoms with Gasteiger partial charge in [0.1, 0.15) is 11.6 Å². The van der Waals surface area contributed by atoms with E-state index in [4.69, 9.17) is 10.3 Å². The Bertz CT molecular complexity index is 741. The van der Waals surface area contributed by atoms with Gasteiger partial charge in [0, 0.05) is 12.1 Å². The third-order valence-corrected chi connectivity index (χ3v) is 4.57. The zero-order chi connectivity index (χ0) is 15.8. The molecule has 0 bridgehead atoms. The SMILES string of the molecule is Cc1cc(S(=O)(=O)NCc2c(C)noc2C)cc(N)c1F. The van der Waals surface area contributed by atoms with E-state index < -0.39 is 15.8 Å². The van der Waals surface area contributed by atoms with E-state index in [1.807, 2.05) is 0 Å². The summed E-state index contributed by atoms with van der Waals surface area (Å²) < 4.78 is 45.3. The lowest BCUT2D eigenvalue weighted by Gasteiger charge is -2.09. The second-order valence-electron chi connectivity index (χ2n) is 4.77. The number of aryl methyl sites for hydroxylation is 3. The fraction of sp³-hybridized carbons (Fsp3) is 0.308. The molecule has 0 unspecified atom stereocenters. The summed E-state index contributed by atoms with van der Waals surface area (Å²) in [7, 11) is -3.80. The normalized spacial score (nSPS) is 11.8. The average Bonchev–Trinajstić information content (AvgIpc) is 2.72. The largest absolute Gasteiger partial charge is 0.396 e. The Morgan fingerprint density at radius 1 is 1.33 bits per heavy atom. The molecule has 1 heterocycles. The number of nitrogen functional groups attached to an aromatic ring is 1. The highest BCUT2D eigenvalue weighted by atomic mass is 32.2. The fourth-order valence-electron chi connectivity index (χ4n) is 1.92. The minimum atomic E-state index is -3.80. The Morgan fingerprint density at radius 2 is 2.00 bits per heavy atom. The van der Waals surface area contributed by atoms with Crippen molar-refractivity contribution in [3.63, 3.8) is 0 Å². The lowest BCUT2D eigenvalue weighted by molar-refractivity contribution is 0.392. The lowest BCUT2D eigenvalue weighted by atomic mass is 10.2. The zero-order valence-electron chi connectivity index (χ0n) is 11.9. The molecule has 0 fully saturated rings. The Morgan fingerprint density at radius 3 is 2.52 bits per heavy atom. The van der Waals surface area contributed by atoms with Crippen LogP contribution in [0.4, 0.5) is 10.1 Å². The molecule has 114 valence electrons. The molecule has 0 atom stereocenters. The highest BCUT2D eigenvalue weighted by molar-refractivity contribution is 7.89. The van der Waals surface area contributed by atoms with Crippen LogP contribution in [0.2, 0.25) is 0 Å². The fourth-order valence-corrected chi connectivity index (χ4v) is 3.04. The van der Waals surface area contributed by atoms with Crippen molar-refractivity contribution in [3.8, 4) is 0 Å². The molecule has 8 heteroatoms. The minimum absolute atomic E-state index is 0.0415. The molecule has 0 aliphatic heterocycles. The second kappa shape index (κ2) is 5.45. The quantitative estimate of drug-likeness (QED) is 0.839. The molecule has 1 aromatic heterocycles. The van der Waals surface area contributed by atoms with E-state index in [0.717, 1.165) is 6.07 Å². The highest BCUT2D eigenvalue weighted by Gasteiger charge is 2.19. The van der Waals surface area contributed by atoms with E-state index in [1.54, 1.807) is 13.8 Å². The van der Waals surface area contributed by atoms with Crippen LogP contribution >= 0.6 is 0 Å². The summed E-state index contributed by atoms with van der Waals surface area (Å²) in [6.45, 7) is 4.92. The van der Waals surface area contributed by atoms with Gasteiger partial charge >= 0.3 is 0 Å². The number of hydrogen-bond donors (Lipinski definition) is 2. The Kier molecular flexibility index (Phi) is 4.02. The molecule has 0 aliphatic carbocycles. The predicted molar refractivity (Wildman–Crippen MR) is 75.6 cm³/mol. The molecule has 0 radical (unpaired) electrons. The van der Waals surface area contributed by atoms with Crippen LogP contribution in [-0.4, -0.2) is 13.6 Å². The van der Waals surface area contributed by atoms with Crippen molar-refractivity contribution >= 4 is 15.7 Å². The molecule has 2 aromatic rings. The summed E-state index contributed by atoms with van der Waals surface area (Å²) in [5.41, 5.74) is 6.72. The predicted octanol–water partition coefficient (Wildman–Crippen LogP) is 1.80. The number of sulfonamides is 1. The van der Waals surface area contributed by atoms with Gasteiger partial charge < -0.3 is 10.3 Å². The van der Waals surface area contributed by atoms with Crippen LogP contribution in [0.3, 0.4) is 0 Å². The van der Waals surface area contributed by atoms with Crippen LogP contribution in [0.1, 0.15) is 22.6 Å². The summed E-state index contributed by atoms with van der Waals surface area (Å²) >= 11 is 0. The second-order valence-corrected chi connectivity index (χ2v) is 6.54. The van der Waals surface area contributed by atoms with E-state index in [0.29, 0.717) is 17.0 Å². The number of nitrogens with zero attached hydrogens (tertiary/aromatic N) is 1. The molecule has 3 N–H and O–H groups in total. The maximum absolute atomic E-state index is 13.5. The molecule has 0 saturated carbocycles. The van der Waals surface area contributed by atoms with Crippen LogP contribution in [0.25, 0.3) is 0 Å². The van der Waals surface area contributed by atoms with Crippen molar-refractivity contribution < 1.29 is 17.3 Å². The van der Waals surface area contributed by atoms with Crippen molar-refractivity contribution in [3.05, 3.63) is 40.5 Å². The monoisotopic (exact) mass is 313 g/mol. The van der Waals surface area contributed by atoms with Crippen LogP contribution in [0.15, 0.2) is 21.6 Å². The highest BCUT2D eigenvalue weighted by Crippen LogP contribution is 2.21. The molecule has 1 aromatic carbocycles. The van der Waals surface area contributed by atoms with E-state index in [9.17, 15) is 12.8 Å². The van der Waals surface area contributed by atoms with Crippen molar-refractivity contribution in [2.45, 2.75) is 32.2 Å². The van der Waals surface area contributed by atoms with E-state index in [2.05, 4.69) is 9.88 Å². The van der Waals surface area contributed by atoms with Gasteiger partial charge in [-0.3, -0.25) is 0 Å². The van der Waals surface area contributed by atoms with Gasteiger partial charge in [0.25, 0.3) is 0 Å². The smallest absolute Gasteiger partial charge is 0.240 e. The Balaban J connectivity index is 2.27. The molecule has 0 spiro atoms. The van der Waals surface area contributed by atoms with Crippen LogP contribution in [0.5, 0.6) is 0 Å². The molecule has 21 heavy (non-hydrogen) atoms. The van der Waals surface area contributed by atoms with E-state index in [1.165, 1.54) is 13.0 Å². The summed E-state index contributed by atoms with van der Waals surface area (Å²) in [5, 5.41) is 3.75. The molecule has 0 aliphatic rings. The first kappa shape index (κ1) is 15.5. The van der Waals surface area contributed by atoms with Crippen LogP contribution < -0.4 is 10.5 Å². The van der Waals surface area contributed by atoms with Gasteiger partial charge in [0.15, 0.2) is 0 Å². The van der Waals surface area contributed by atoms with Gasteiger partial charge in [-0.15, -0.1) is 0 Å². The van der Waals surface area contributed by atoms with Gasteiger partial charge in [-0.1, -0.05) is 5.16 Å². The molecular formula is C13H16FN3O3S. The summed E-state index contributed by atoms with van der Waals surface area (Å²) in [6.07, 6.45) is 0. The molecular weight excluding hydrogens is 297 g/mol. The number of rotatable bonds is 4. The third kappa shape index (κ3) is 3.06. The molecule has 6 nitrogen and oxygen atoms in total. The number of aromatic nitrogens is 1. The minimum Gasteiger partial charge on any atom is -0.396 e.